The maximum Gasteiger partial charge on any atom is 0.335 e. The van der Waals surface area contributed by atoms with Crippen LogP contribution < -0.4 is 5.32 Å². The van der Waals surface area contributed by atoms with E-state index in [2.05, 4.69) is 21.4 Å². The summed E-state index contributed by atoms with van der Waals surface area (Å²) in [6.45, 7) is 2.75. The van der Waals surface area contributed by atoms with Crippen LogP contribution in [0.2, 0.25) is 0 Å². The average Bonchev–Trinajstić information content (AvgIpc) is 2.43. The summed E-state index contributed by atoms with van der Waals surface area (Å²) >= 11 is 0. The van der Waals surface area contributed by atoms with Crippen molar-refractivity contribution >= 4 is 22.7 Å². The average molecular weight is 257 g/mol. The van der Waals surface area contributed by atoms with Gasteiger partial charge in [0.25, 0.3) is 0 Å². The molecule has 19 heavy (non-hydrogen) atoms. The molecule has 0 unspecified atom stereocenters. The van der Waals surface area contributed by atoms with Crippen LogP contribution in [0.25, 0.3) is 10.9 Å². The van der Waals surface area contributed by atoms with Gasteiger partial charge in [-0.1, -0.05) is 12.2 Å². The third-order valence-electron chi connectivity index (χ3n) is 2.72. The molecule has 0 radical (unpaired) electrons. The molecule has 0 spiro atoms. The Morgan fingerprint density at radius 2 is 2.26 bits per heavy atom. The lowest BCUT2D eigenvalue weighted by atomic mass is 10.1. The molecule has 0 amide bonds. The lowest BCUT2D eigenvalue weighted by molar-refractivity contribution is 0.0697. The van der Waals surface area contributed by atoms with Crippen LogP contribution >= 0.6 is 0 Å². The van der Waals surface area contributed by atoms with Crippen LogP contribution in [0, 0.1) is 0 Å². The molecule has 5 heteroatoms. The Labute approximate surface area is 111 Å². The number of nitrogens with one attached hydrogen (secondary N) is 1. The number of carbonyl (C=O) groups is 1. The van der Waals surface area contributed by atoms with Crippen molar-refractivity contribution in [3.8, 4) is 0 Å². The van der Waals surface area contributed by atoms with Crippen LogP contribution in [-0.4, -0.2) is 27.6 Å². The van der Waals surface area contributed by atoms with Crippen molar-refractivity contribution in [2.75, 3.05) is 11.9 Å². The van der Waals surface area contributed by atoms with E-state index in [1.165, 1.54) is 6.33 Å². The second-order valence-electron chi connectivity index (χ2n) is 4.04. The summed E-state index contributed by atoms with van der Waals surface area (Å²) in [5, 5.41) is 13.0. The predicted octanol–water partition coefficient (Wildman–Crippen LogP) is 2.71. The second-order valence-corrected chi connectivity index (χ2v) is 4.04. The van der Waals surface area contributed by atoms with Gasteiger partial charge >= 0.3 is 5.97 Å². The number of hydrogen-bond acceptors (Lipinski definition) is 4. The van der Waals surface area contributed by atoms with Crippen LogP contribution in [0.4, 0.5) is 5.82 Å². The standard InChI is InChI=1S/C14H15N3O2/c1-2-3-4-7-15-13-11-6-5-10(14(18)19)8-12(11)16-9-17-13/h2-3,5-6,8-9H,4,7H2,1H3,(H,18,19)(H,15,16,17)/b3-2+. The molecule has 5 nitrogen and oxygen atoms in total. The number of rotatable bonds is 5. The van der Waals surface area contributed by atoms with E-state index in [0.29, 0.717) is 5.52 Å². The molecular formula is C14H15N3O2. The third kappa shape index (κ3) is 3.07. The maximum atomic E-state index is 10.9. The minimum atomic E-state index is -0.955. The van der Waals surface area contributed by atoms with Crippen molar-refractivity contribution in [2.45, 2.75) is 13.3 Å². The van der Waals surface area contributed by atoms with Gasteiger partial charge in [0, 0.05) is 11.9 Å². The summed E-state index contributed by atoms with van der Waals surface area (Å²) in [7, 11) is 0. The van der Waals surface area contributed by atoms with Gasteiger partial charge < -0.3 is 10.4 Å². The van der Waals surface area contributed by atoms with E-state index in [0.717, 1.165) is 24.2 Å². The molecule has 0 saturated carbocycles. The SMILES string of the molecule is C/C=C/CCNc1ncnc2cc(C(=O)O)ccc12. The van der Waals surface area contributed by atoms with Gasteiger partial charge in [0.2, 0.25) is 0 Å². The number of anilines is 1. The largest absolute Gasteiger partial charge is 0.478 e. The van der Waals surface area contributed by atoms with E-state index in [-0.39, 0.29) is 5.56 Å². The molecule has 0 saturated heterocycles. The molecule has 0 atom stereocenters. The third-order valence-corrected chi connectivity index (χ3v) is 2.72. The number of aromatic nitrogens is 2. The van der Waals surface area contributed by atoms with Gasteiger partial charge in [-0.25, -0.2) is 14.8 Å². The Balaban J connectivity index is 2.27. The van der Waals surface area contributed by atoms with E-state index in [1.807, 2.05) is 13.0 Å². The van der Waals surface area contributed by atoms with Gasteiger partial charge in [0.15, 0.2) is 0 Å². The first-order valence-electron chi connectivity index (χ1n) is 6.05. The van der Waals surface area contributed by atoms with E-state index in [4.69, 9.17) is 5.11 Å². The minimum absolute atomic E-state index is 0.228. The topological polar surface area (TPSA) is 75.1 Å². The Hall–Kier alpha value is -2.43. The molecule has 2 N–H and O–H groups in total. The number of aromatic carboxylic acids is 1. The number of carboxylic acids is 1. The number of allylic oxidation sites excluding steroid dienone is 1. The summed E-state index contributed by atoms with van der Waals surface area (Å²) in [4.78, 5) is 19.2. The highest BCUT2D eigenvalue weighted by molar-refractivity contribution is 5.96. The highest BCUT2D eigenvalue weighted by Gasteiger charge is 2.07. The number of benzene rings is 1. The number of hydrogen-bond donors (Lipinski definition) is 2. The summed E-state index contributed by atoms with van der Waals surface area (Å²) in [5.41, 5.74) is 0.856. The zero-order chi connectivity index (χ0) is 13.7. The van der Waals surface area contributed by atoms with Crippen molar-refractivity contribution in [1.29, 1.82) is 0 Å². The molecule has 1 aromatic carbocycles. The number of nitrogens with zero attached hydrogens (tertiary/aromatic N) is 2. The Morgan fingerprint density at radius 1 is 1.42 bits per heavy atom. The zero-order valence-corrected chi connectivity index (χ0v) is 10.6. The smallest absolute Gasteiger partial charge is 0.335 e. The van der Waals surface area contributed by atoms with Crippen molar-refractivity contribution < 1.29 is 9.90 Å². The zero-order valence-electron chi connectivity index (χ0n) is 10.6. The van der Waals surface area contributed by atoms with Gasteiger partial charge in [-0.3, -0.25) is 0 Å². The fourth-order valence-electron chi connectivity index (χ4n) is 1.77. The second kappa shape index (κ2) is 5.95. The highest BCUT2D eigenvalue weighted by Crippen LogP contribution is 2.20. The summed E-state index contributed by atoms with van der Waals surface area (Å²) in [6, 6.07) is 4.85. The van der Waals surface area contributed by atoms with E-state index in [9.17, 15) is 4.79 Å². The summed E-state index contributed by atoms with van der Waals surface area (Å²) in [5.74, 6) is -0.227. The predicted molar refractivity (Wildman–Crippen MR) is 74.4 cm³/mol. The Bertz CT molecular complexity index is 623. The molecule has 0 aliphatic carbocycles. The van der Waals surface area contributed by atoms with E-state index < -0.39 is 5.97 Å². The summed E-state index contributed by atoms with van der Waals surface area (Å²) < 4.78 is 0. The molecule has 1 heterocycles. The summed E-state index contributed by atoms with van der Waals surface area (Å²) in [6.07, 6.45) is 6.42. The van der Waals surface area contributed by atoms with Gasteiger partial charge in [-0.05, 0) is 31.5 Å². The molecule has 0 aliphatic rings. The van der Waals surface area contributed by atoms with Crippen molar-refractivity contribution in [1.82, 2.24) is 9.97 Å². The molecule has 0 bridgehead atoms. The van der Waals surface area contributed by atoms with Gasteiger partial charge in [0.05, 0.1) is 11.1 Å². The number of carboxylic acid groups (broad SMARTS) is 1. The molecule has 2 aromatic rings. The lowest BCUT2D eigenvalue weighted by Gasteiger charge is -2.07. The first-order valence-corrected chi connectivity index (χ1v) is 6.05. The first-order chi connectivity index (χ1) is 9.22. The first kappa shape index (κ1) is 13.0. The fraction of sp³-hybridized carbons (Fsp3) is 0.214. The quantitative estimate of drug-likeness (QED) is 0.636. The molecule has 1 aromatic heterocycles. The van der Waals surface area contributed by atoms with Gasteiger partial charge in [-0.15, -0.1) is 0 Å². The van der Waals surface area contributed by atoms with Crippen LogP contribution in [0.5, 0.6) is 0 Å². The Morgan fingerprint density at radius 3 is 3.00 bits per heavy atom. The molecule has 0 fully saturated rings. The van der Waals surface area contributed by atoms with E-state index >= 15 is 0 Å². The Kier molecular flexibility index (Phi) is 4.07. The highest BCUT2D eigenvalue weighted by atomic mass is 16.4. The van der Waals surface area contributed by atoms with Gasteiger partial charge in [0.1, 0.15) is 12.1 Å². The fourth-order valence-corrected chi connectivity index (χ4v) is 1.77. The monoisotopic (exact) mass is 257 g/mol. The van der Waals surface area contributed by atoms with Crippen molar-refractivity contribution in [3.05, 3.63) is 42.2 Å². The normalized spacial score (nSPS) is 11.0. The van der Waals surface area contributed by atoms with Crippen LogP contribution in [-0.2, 0) is 0 Å². The van der Waals surface area contributed by atoms with Crippen LogP contribution in [0.1, 0.15) is 23.7 Å². The van der Waals surface area contributed by atoms with Crippen molar-refractivity contribution in [3.63, 3.8) is 0 Å². The van der Waals surface area contributed by atoms with Crippen molar-refractivity contribution in [2.24, 2.45) is 0 Å². The molecule has 0 aliphatic heterocycles. The lowest BCUT2D eigenvalue weighted by Crippen LogP contribution is -2.04. The van der Waals surface area contributed by atoms with E-state index in [1.54, 1.807) is 18.2 Å². The minimum Gasteiger partial charge on any atom is -0.478 e. The maximum absolute atomic E-state index is 10.9. The van der Waals surface area contributed by atoms with Crippen LogP contribution in [0.15, 0.2) is 36.7 Å². The molecular weight excluding hydrogens is 242 g/mol. The van der Waals surface area contributed by atoms with Gasteiger partial charge in [-0.2, -0.15) is 0 Å². The number of fused-ring (bicyclic) bond motifs is 1. The molecule has 98 valence electrons. The van der Waals surface area contributed by atoms with Crippen LogP contribution in [0.3, 0.4) is 0 Å². The molecule has 2 rings (SSSR count).